The number of likely N-dealkylation sites (tertiary alicyclic amines) is 1. The molecule has 0 radical (unpaired) electrons. The van der Waals surface area contributed by atoms with Gasteiger partial charge in [-0.05, 0) is 62.9 Å². The zero-order valence-electron chi connectivity index (χ0n) is 11.4. The summed E-state index contributed by atoms with van der Waals surface area (Å²) in [5, 5.41) is 1.39. The summed E-state index contributed by atoms with van der Waals surface area (Å²) < 4.78 is 2.47. The molecule has 1 aromatic heterocycles. The van der Waals surface area contributed by atoms with Crippen molar-refractivity contribution in [1.82, 2.24) is 9.47 Å². The largest absolute Gasteiger partial charge is 0.344 e. The van der Waals surface area contributed by atoms with Crippen LogP contribution in [0.15, 0.2) is 24.3 Å². The van der Waals surface area contributed by atoms with E-state index in [4.69, 9.17) is 0 Å². The average Bonchev–Trinajstić information content (AvgIpc) is 2.96. The van der Waals surface area contributed by atoms with Crippen molar-refractivity contribution >= 4 is 10.9 Å². The van der Waals surface area contributed by atoms with Crippen molar-refractivity contribution in [3.8, 4) is 0 Å². The van der Waals surface area contributed by atoms with E-state index in [1.807, 2.05) is 0 Å². The Labute approximate surface area is 109 Å². The second-order valence-corrected chi connectivity index (χ2v) is 5.43. The minimum atomic E-state index is 1.07. The van der Waals surface area contributed by atoms with Gasteiger partial charge in [-0.1, -0.05) is 12.1 Å². The van der Waals surface area contributed by atoms with Crippen molar-refractivity contribution in [2.45, 2.75) is 39.8 Å². The van der Waals surface area contributed by atoms with E-state index in [2.05, 4.69) is 47.6 Å². The lowest BCUT2D eigenvalue weighted by Gasteiger charge is -2.16. The maximum atomic E-state index is 2.58. The van der Waals surface area contributed by atoms with Crippen LogP contribution in [0.5, 0.6) is 0 Å². The fraction of sp³-hybridized carbons (Fsp3) is 0.500. The van der Waals surface area contributed by atoms with Crippen molar-refractivity contribution in [1.29, 1.82) is 0 Å². The predicted octanol–water partition coefficient (Wildman–Crippen LogP) is 3.57. The molecule has 0 saturated carbocycles. The molecule has 96 valence electrons. The van der Waals surface area contributed by atoms with Crippen LogP contribution in [-0.2, 0) is 13.1 Å². The van der Waals surface area contributed by atoms with Crippen molar-refractivity contribution in [3.05, 3.63) is 35.5 Å². The lowest BCUT2D eigenvalue weighted by atomic mass is 10.2. The van der Waals surface area contributed by atoms with Crippen LogP contribution < -0.4 is 0 Å². The van der Waals surface area contributed by atoms with Crippen LogP contribution in [0, 0.1) is 6.92 Å². The molecule has 0 atom stereocenters. The fourth-order valence-electron chi connectivity index (χ4n) is 3.10. The zero-order chi connectivity index (χ0) is 12.5. The van der Waals surface area contributed by atoms with Gasteiger partial charge in [0.15, 0.2) is 0 Å². The molecular formula is C16H22N2. The van der Waals surface area contributed by atoms with E-state index in [9.17, 15) is 0 Å². The van der Waals surface area contributed by atoms with Gasteiger partial charge >= 0.3 is 0 Å². The molecular weight excluding hydrogens is 220 g/mol. The van der Waals surface area contributed by atoms with E-state index >= 15 is 0 Å². The summed E-state index contributed by atoms with van der Waals surface area (Å²) in [4.78, 5) is 2.58. The molecule has 2 heterocycles. The summed E-state index contributed by atoms with van der Waals surface area (Å²) in [6.45, 7) is 9.13. The fourth-order valence-corrected chi connectivity index (χ4v) is 3.10. The zero-order valence-corrected chi connectivity index (χ0v) is 11.4. The SMILES string of the molecule is CCn1c(CN2CCCC2)cc2ccc(C)cc21. The first-order valence-electron chi connectivity index (χ1n) is 7.09. The molecule has 18 heavy (non-hydrogen) atoms. The van der Waals surface area contributed by atoms with Crippen molar-refractivity contribution in [3.63, 3.8) is 0 Å². The maximum absolute atomic E-state index is 2.58. The maximum Gasteiger partial charge on any atom is 0.0485 e. The lowest BCUT2D eigenvalue weighted by Crippen LogP contribution is -2.20. The Morgan fingerprint density at radius 1 is 1.11 bits per heavy atom. The van der Waals surface area contributed by atoms with Gasteiger partial charge in [-0.2, -0.15) is 0 Å². The first kappa shape index (κ1) is 11.8. The summed E-state index contributed by atoms with van der Waals surface area (Å²) in [6, 6.07) is 9.15. The van der Waals surface area contributed by atoms with E-state index in [0.717, 1.165) is 13.1 Å². The van der Waals surface area contributed by atoms with Gasteiger partial charge in [0.2, 0.25) is 0 Å². The number of aromatic nitrogens is 1. The van der Waals surface area contributed by atoms with Crippen LogP contribution in [0.25, 0.3) is 10.9 Å². The lowest BCUT2D eigenvalue weighted by molar-refractivity contribution is 0.322. The molecule has 0 bridgehead atoms. The van der Waals surface area contributed by atoms with E-state index in [1.165, 1.54) is 48.1 Å². The third kappa shape index (κ3) is 2.05. The number of nitrogens with zero attached hydrogens (tertiary/aromatic N) is 2. The van der Waals surface area contributed by atoms with Crippen molar-refractivity contribution in [2.24, 2.45) is 0 Å². The molecule has 2 heteroatoms. The molecule has 1 aliphatic heterocycles. The molecule has 2 aromatic rings. The number of aryl methyl sites for hydroxylation is 2. The van der Waals surface area contributed by atoms with E-state index in [0.29, 0.717) is 0 Å². The van der Waals surface area contributed by atoms with Crippen LogP contribution in [0.3, 0.4) is 0 Å². The van der Waals surface area contributed by atoms with Crippen LogP contribution in [0.1, 0.15) is 31.0 Å². The number of hydrogen-bond acceptors (Lipinski definition) is 1. The number of hydrogen-bond donors (Lipinski definition) is 0. The number of fused-ring (bicyclic) bond motifs is 1. The van der Waals surface area contributed by atoms with E-state index in [-0.39, 0.29) is 0 Å². The molecule has 2 nitrogen and oxygen atoms in total. The Hall–Kier alpha value is -1.28. The van der Waals surface area contributed by atoms with E-state index < -0.39 is 0 Å². The highest BCUT2D eigenvalue weighted by atomic mass is 15.2. The number of benzene rings is 1. The predicted molar refractivity (Wildman–Crippen MR) is 76.9 cm³/mol. The highest BCUT2D eigenvalue weighted by Gasteiger charge is 2.15. The topological polar surface area (TPSA) is 8.17 Å². The van der Waals surface area contributed by atoms with Crippen LogP contribution in [-0.4, -0.2) is 22.6 Å². The Bertz CT molecular complexity index is 547. The minimum absolute atomic E-state index is 1.07. The Morgan fingerprint density at radius 2 is 1.89 bits per heavy atom. The summed E-state index contributed by atoms with van der Waals surface area (Å²) in [6.07, 6.45) is 2.73. The van der Waals surface area contributed by atoms with Crippen molar-refractivity contribution < 1.29 is 0 Å². The Morgan fingerprint density at radius 3 is 2.61 bits per heavy atom. The van der Waals surface area contributed by atoms with Gasteiger partial charge in [0.1, 0.15) is 0 Å². The summed E-state index contributed by atoms with van der Waals surface area (Å²) in [7, 11) is 0. The second-order valence-electron chi connectivity index (χ2n) is 5.43. The van der Waals surface area contributed by atoms with Gasteiger partial charge in [0.25, 0.3) is 0 Å². The quantitative estimate of drug-likeness (QED) is 0.799. The molecule has 0 amide bonds. The second kappa shape index (κ2) is 4.77. The van der Waals surface area contributed by atoms with Gasteiger partial charge < -0.3 is 4.57 Å². The third-order valence-electron chi connectivity index (χ3n) is 4.05. The van der Waals surface area contributed by atoms with Gasteiger partial charge in [-0.25, -0.2) is 0 Å². The first-order valence-corrected chi connectivity index (χ1v) is 7.09. The first-order chi connectivity index (χ1) is 8.78. The van der Waals surface area contributed by atoms with Gasteiger partial charge in [0, 0.05) is 24.3 Å². The minimum Gasteiger partial charge on any atom is -0.344 e. The highest BCUT2D eigenvalue weighted by Crippen LogP contribution is 2.23. The smallest absolute Gasteiger partial charge is 0.0485 e. The summed E-state index contributed by atoms with van der Waals surface area (Å²) in [5.41, 5.74) is 4.22. The molecule has 0 aliphatic carbocycles. The third-order valence-corrected chi connectivity index (χ3v) is 4.05. The standard InChI is InChI=1S/C16H22N2/c1-3-18-15(12-17-8-4-5-9-17)11-14-7-6-13(2)10-16(14)18/h6-7,10-11H,3-5,8-9,12H2,1-2H3. The van der Waals surface area contributed by atoms with Crippen molar-refractivity contribution in [2.75, 3.05) is 13.1 Å². The highest BCUT2D eigenvalue weighted by molar-refractivity contribution is 5.82. The molecule has 0 unspecified atom stereocenters. The van der Waals surface area contributed by atoms with Gasteiger partial charge in [-0.15, -0.1) is 0 Å². The van der Waals surface area contributed by atoms with Crippen LogP contribution in [0.4, 0.5) is 0 Å². The molecule has 3 rings (SSSR count). The molecule has 1 aromatic carbocycles. The molecule has 0 spiro atoms. The van der Waals surface area contributed by atoms with Crippen LogP contribution >= 0.6 is 0 Å². The normalized spacial score (nSPS) is 16.8. The molecule has 1 aliphatic rings. The van der Waals surface area contributed by atoms with Crippen LogP contribution in [0.2, 0.25) is 0 Å². The van der Waals surface area contributed by atoms with Gasteiger partial charge in [-0.3, -0.25) is 4.90 Å². The van der Waals surface area contributed by atoms with Gasteiger partial charge in [0.05, 0.1) is 0 Å². The Balaban J connectivity index is 1.99. The summed E-state index contributed by atoms with van der Waals surface area (Å²) in [5.74, 6) is 0. The summed E-state index contributed by atoms with van der Waals surface area (Å²) >= 11 is 0. The van der Waals surface area contributed by atoms with E-state index in [1.54, 1.807) is 0 Å². The molecule has 1 fully saturated rings. The molecule has 0 N–H and O–H groups in total. The molecule has 1 saturated heterocycles. The Kier molecular flexibility index (Phi) is 3.13. The average molecular weight is 242 g/mol. The number of rotatable bonds is 3. The monoisotopic (exact) mass is 242 g/mol.